The quantitative estimate of drug-likeness (QED) is 0.716. The minimum atomic E-state index is -0.596. The average molecular weight is 424 g/mol. The van der Waals surface area contributed by atoms with Gasteiger partial charge in [0.1, 0.15) is 12.1 Å². The molecule has 0 atom stereocenters. The van der Waals surface area contributed by atoms with Crippen molar-refractivity contribution in [2.45, 2.75) is 51.7 Å². The summed E-state index contributed by atoms with van der Waals surface area (Å²) in [6.07, 6.45) is 1.51. The van der Waals surface area contributed by atoms with Crippen molar-refractivity contribution < 1.29 is 14.3 Å². The van der Waals surface area contributed by atoms with E-state index in [0.29, 0.717) is 5.92 Å². The highest BCUT2D eigenvalue weighted by atomic mass is 16.6. The fraction of sp³-hybridized carbons (Fsp3) is 0.440. The van der Waals surface area contributed by atoms with Crippen LogP contribution in [0, 0.1) is 0 Å². The second-order valence-electron chi connectivity index (χ2n) is 9.03. The van der Waals surface area contributed by atoms with E-state index in [9.17, 15) is 9.59 Å². The number of alkyl carbamates (subject to hydrolysis) is 1. The monoisotopic (exact) mass is 423 g/mol. The lowest BCUT2D eigenvalue weighted by Gasteiger charge is -2.33. The van der Waals surface area contributed by atoms with Crippen LogP contribution in [0.3, 0.4) is 0 Å². The number of ether oxygens (including phenoxy) is 1. The van der Waals surface area contributed by atoms with E-state index in [-0.39, 0.29) is 12.5 Å². The molecule has 0 bridgehead atoms. The summed E-state index contributed by atoms with van der Waals surface area (Å²) < 4.78 is 5.18. The molecule has 6 heteroatoms. The zero-order valence-corrected chi connectivity index (χ0v) is 18.7. The van der Waals surface area contributed by atoms with Crippen LogP contribution >= 0.6 is 0 Å². The van der Waals surface area contributed by atoms with Gasteiger partial charge in [-0.1, -0.05) is 48.5 Å². The molecule has 2 amide bonds. The number of amides is 2. The predicted molar refractivity (Wildman–Crippen MR) is 123 cm³/mol. The molecule has 1 heterocycles. The molecule has 0 aromatic heterocycles. The summed E-state index contributed by atoms with van der Waals surface area (Å²) in [6.45, 7) is 8.27. The second-order valence-corrected chi connectivity index (χ2v) is 9.03. The zero-order chi connectivity index (χ0) is 22.3. The summed E-state index contributed by atoms with van der Waals surface area (Å²) in [5.74, 6) is 0.141. The fourth-order valence-electron chi connectivity index (χ4n) is 3.87. The number of nitrogens with zero attached hydrogens (tertiary/aromatic N) is 1. The summed E-state index contributed by atoms with van der Waals surface area (Å²) in [7, 11) is 0. The first-order valence-corrected chi connectivity index (χ1v) is 10.9. The van der Waals surface area contributed by atoms with Crippen LogP contribution in [0.2, 0.25) is 0 Å². The van der Waals surface area contributed by atoms with Gasteiger partial charge in [0.15, 0.2) is 0 Å². The van der Waals surface area contributed by atoms with Crippen molar-refractivity contribution in [2.75, 3.05) is 25.0 Å². The number of likely N-dealkylation sites (tertiary alicyclic amines) is 1. The number of para-hydroxylation sites is 1. The Kier molecular flexibility index (Phi) is 7.69. The lowest BCUT2D eigenvalue weighted by atomic mass is 9.88. The molecule has 3 rings (SSSR count). The molecule has 2 aromatic rings. The van der Waals surface area contributed by atoms with E-state index in [1.165, 1.54) is 5.56 Å². The van der Waals surface area contributed by atoms with E-state index in [1.54, 1.807) is 20.8 Å². The smallest absolute Gasteiger partial charge is 0.408 e. The standard InChI is InChI=1S/C25H33N3O3/c1-25(2,3)31-24(30)26-17-23(29)27-22-12-8-7-11-21(22)20-13-15-28(16-14-20)18-19-9-5-4-6-10-19/h4-12,20H,13-18H2,1-3H3,(H,26,30)(H,27,29). The number of anilines is 1. The second kappa shape index (κ2) is 10.4. The Morgan fingerprint density at radius 3 is 2.32 bits per heavy atom. The largest absolute Gasteiger partial charge is 0.444 e. The summed E-state index contributed by atoms with van der Waals surface area (Å²) in [5, 5.41) is 5.46. The lowest BCUT2D eigenvalue weighted by molar-refractivity contribution is -0.115. The molecule has 31 heavy (non-hydrogen) atoms. The third-order valence-electron chi connectivity index (χ3n) is 5.30. The van der Waals surface area contributed by atoms with Gasteiger partial charge in [0, 0.05) is 12.2 Å². The number of hydrogen-bond acceptors (Lipinski definition) is 4. The van der Waals surface area contributed by atoms with Crippen molar-refractivity contribution in [1.29, 1.82) is 0 Å². The Morgan fingerprint density at radius 2 is 1.65 bits per heavy atom. The maximum absolute atomic E-state index is 12.4. The summed E-state index contributed by atoms with van der Waals surface area (Å²) >= 11 is 0. The van der Waals surface area contributed by atoms with Crippen molar-refractivity contribution in [3.63, 3.8) is 0 Å². The van der Waals surface area contributed by atoms with Crippen LogP contribution in [0.5, 0.6) is 0 Å². The highest BCUT2D eigenvalue weighted by Gasteiger charge is 2.23. The van der Waals surface area contributed by atoms with Crippen molar-refractivity contribution in [2.24, 2.45) is 0 Å². The number of rotatable bonds is 6. The minimum absolute atomic E-state index is 0.126. The molecule has 2 N–H and O–H groups in total. The number of hydrogen-bond donors (Lipinski definition) is 2. The Bertz CT molecular complexity index is 869. The maximum Gasteiger partial charge on any atom is 0.408 e. The minimum Gasteiger partial charge on any atom is -0.444 e. The predicted octanol–water partition coefficient (Wildman–Crippen LogP) is 4.53. The van der Waals surface area contributed by atoms with Crippen LogP contribution in [0.25, 0.3) is 0 Å². The van der Waals surface area contributed by atoms with Gasteiger partial charge in [-0.05, 0) is 69.8 Å². The Hall–Kier alpha value is -2.86. The maximum atomic E-state index is 12.4. The fourth-order valence-corrected chi connectivity index (χ4v) is 3.87. The van der Waals surface area contributed by atoms with E-state index < -0.39 is 11.7 Å². The molecule has 1 aliphatic rings. The van der Waals surface area contributed by atoms with Gasteiger partial charge in [-0.2, -0.15) is 0 Å². The summed E-state index contributed by atoms with van der Waals surface area (Å²) in [4.78, 5) is 26.6. The van der Waals surface area contributed by atoms with Crippen molar-refractivity contribution in [3.05, 3.63) is 65.7 Å². The van der Waals surface area contributed by atoms with Gasteiger partial charge in [-0.3, -0.25) is 9.69 Å². The number of benzene rings is 2. The normalized spacial score (nSPS) is 15.3. The van der Waals surface area contributed by atoms with Gasteiger partial charge in [0.25, 0.3) is 0 Å². The zero-order valence-electron chi connectivity index (χ0n) is 18.7. The molecule has 0 radical (unpaired) electrons. The third kappa shape index (κ3) is 7.40. The molecular formula is C25H33N3O3. The number of carbonyl (C=O) groups excluding carboxylic acids is 2. The van der Waals surface area contributed by atoms with Crippen LogP contribution in [-0.2, 0) is 16.1 Å². The van der Waals surface area contributed by atoms with Crippen LogP contribution < -0.4 is 10.6 Å². The molecule has 6 nitrogen and oxygen atoms in total. The SMILES string of the molecule is CC(C)(C)OC(=O)NCC(=O)Nc1ccccc1C1CCN(Cc2ccccc2)CC1. The molecule has 0 spiro atoms. The highest BCUT2D eigenvalue weighted by molar-refractivity contribution is 5.94. The molecule has 0 saturated carbocycles. The molecule has 1 aliphatic heterocycles. The van der Waals surface area contributed by atoms with Crippen LogP contribution in [0.4, 0.5) is 10.5 Å². The van der Waals surface area contributed by atoms with Gasteiger partial charge in [0.2, 0.25) is 5.91 Å². The number of nitrogens with one attached hydrogen (secondary N) is 2. The molecular weight excluding hydrogens is 390 g/mol. The highest BCUT2D eigenvalue weighted by Crippen LogP contribution is 2.33. The van der Waals surface area contributed by atoms with E-state index >= 15 is 0 Å². The molecule has 2 aromatic carbocycles. The van der Waals surface area contributed by atoms with Crippen LogP contribution in [-0.4, -0.2) is 42.1 Å². The molecule has 166 valence electrons. The van der Waals surface area contributed by atoms with Crippen molar-refractivity contribution in [3.8, 4) is 0 Å². The van der Waals surface area contributed by atoms with E-state index in [2.05, 4.69) is 45.9 Å². The topological polar surface area (TPSA) is 70.7 Å². The Labute approximate surface area is 185 Å². The van der Waals surface area contributed by atoms with E-state index in [4.69, 9.17) is 4.74 Å². The van der Waals surface area contributed by atoms with Crippen LogP contribution in [0.15, 0.2) is 54.6 Å². The molecule has 1 fully saturated rings. The molecule has 0 aliphatic carbocycles. The first-order chi connectivity index (χ1) is 14.8. The van der Waals surface area contributed by atoms with E-state index in [0.717, 1.165) is 43.7 Å². The first-order valence-electron chi connectivity index (χ1n) is 10.9. The van der Waals surface area contributed by atoms with Gasteiger partial charge in [-0.25, -0.2) is 4.79 Å². The Balaban J connectivity index is 1.52. The average Bonchev–Trinajstić information content (AvgIpc) is 2.73. The Morgan fingerprint density at radius 1 is 1.00 bits per heavy atom. The summed E-state index contributed by atoms with van der Waals surface area (Å²) in [6, 6.07) is 18.5. The van der Waals surface area contributed by atoms with Crippen molar-refractivity contribution in [1.82, 2.24) is 10.2 Å². The van der Waals surface area contributed by atoms with Gasteiger partial charge in [-0.15, -0.1) is 0 Å². The van der Waals surface area contributed by atoms with Gasteiger partial charge in [0.05, 0.1) is 0 Å². The lowest BCUT2D eigenvalue weighted by Crippen LogP contribution is -2.37. The number of piperidine rings is 1. The third-order valence-corrected chi connectivity index (χ3v) is 5.30. The van der Waals surface area contributed by atoms with Crippen LogP contribution in [0.1, 0.15) is 50.7 Å². The molecule has 1 saturated heterocycles. The van der Waals surface area contributed by atoms with E-state index in [1.807, 2.05) is 24.3 Å². The van der Waals surface area contributed by atoms with Gasteiger partial charge >= 0.3 is 6.09 Å². The first kappa shape index (κ1) is 22.8. The van der Waals surface area contributed by atoms with Crippen molar-refractivity contribution >= 4 is 17.7 Å². The summed E-state index contributed by atoms with van der Waals surface area (Å²) in [5.41, 5.74) is 2.72. The molecule has 0 unspecified atom stereocenters. The van der Waals surface area contributed by atoms with Gasteiger partial charge < -0.3 is 15.4 Å². The number of carbonyl (C=O) groups is 2.